The maximum Gasteiger partial charge on any atom is 0.505 e. The molecule has 0 amide bonds. The van der Waals surface area contributed by atoms with Crippen molar-refractivity contribution < 1.29 is 14.8 Å². The highest BCUT2D eigenvalue weighted by Gasteiger charge is 2.15. The summed E-state index contributed by atoms with van der Waals surface area (Å²) >= 11 is 0. The molecule has 0 aliphatic heterocycles. The molecular formula is C8H9BN2O3. The van der Waals surface area contributed by atoms with Gasteiger partial charge in [-0.3, -0.25) is 0 Å². The van der Waals surface area contributed by atoms with Gasteiger partial charge in [0.2, 0.25) is 5.88 Å². The molecule has 0 saturated heterocycles. The summed E-state index contributed by atoms with van der Waals surface area (Å²) in [7, 11) is 0.00426. The Kier molecular flexibility index (Phi) is 2.15. The Labute approximate surface area is 80.5 Å². The summed E-state index contributed by atoms with van der Waals surface area (Å²) in [4.78, 5) is 6.81. The molecule has 0 aromatic carbocycles. The molecule has 2 rings (SSSR count). The van der Waals surface area contributed by atoms with Gasteiger partial charge in [0.25, 0.3) is 0 Å². The maximum absolute atomic E-state index is 8.95. The fourth-order valence-corrected chi connectivity index (χ4v) is 1.34. The van der Waals surface area contributed by atoms with E-state index in [2.05, 4.69) is 9.97 Å². The Morgan fingerprint density at radius 2 is 2.29 bits per heavy atom. The zero-order valence-corrected chi connectivity index (χ0v) is 7.56. The van der Waals surface area contributed by atoms with Crippen LogP contribution in [0.3, 0.4) is 0 Å². The van der Waals surface area contributed by atoms with Gasteiger partial charge in [-0.25, -0.2) is 4.98 Å². The topological polar surface area (TPSA) is 78.4 Å². The number of aromatic amines is 1. The number of methoxy groups -OCH3 is 1. The van der Waals surface area contributed by atoms with E-state index in [-0.39, 0.29) is 0 Å². The van der Waals surface area contributed by atoms with Gasteiger partial charge in [-0.15, -0.1) is 0 Å². The summed E-state index contributed by atoms with van der Waals surface area (Å²) < 4.78 is 5.01. The number of aromatic nitrogens is 2. The van der Waals surface area contributed by atoms with Crippen LogP contribution in [0.25, 0.3) is 10.9 Å². The first-order chi connectivity index (χ1) is 6.72. The van der Waals surface area contributed by atoms with Crippen molar-refractivity contribution in [1.82, 2.24) is 9.97 Å². The average molecular weight is 192 g/mol. The first kappa shape index (κ1) is 9.05. The van der Waals surface area contributed by atoms with Crippen molar-refractivity contribution in [3.05, 3.63) is 18.3 Å². The van der Waals surface area contributed by atoms with Gasteiger partial charge in [0, 0.05) is 17.2 Å². The zero-order chi connectivity index (χ0) is 10.1. The highest BCUT2D eigenvalue weighted by molar-refractivity contribution is 6.58. The molecule has 3 N–H and O–H groups in total. The van der Waals surface area contributed by atoms with Crippen LogP contribution in [0.2, 0.25) is 0 Å². The molecular weight excluding hydrogens is 183 g/mol. The average Bonchev–Trinajstić information content (AvgIpc) is 2.60. The minimum atomic E-state index is -1.51. The van der Waals surface area contributed by atoms with Gasteiger partial charge in [0.05, 0.1) is 7.11 Å². The van der Waals surface area contributed by atoms with Crippen molar-refractivity contribution >= 4 is 23.6 Å². The van der Waals surface area contributed by atoms with Gasteiger partial charge in [-0.05, 0) is 12.1 Å². The molecule has 0 saturated carbocycles. The standard InChI is InChI=1S/C8H9BN2O3/c1-14-8-7-5(2-3-10-8)4-6(11-7)9(12)13/h2-4,11-13H,1H3. The van der Waals surface area contributed by atoms with E-state index in [1.54, 1.807) is 18.3 Å². The fourth-order valence-electron chi connectivity index (χ4n) is 1.34. The van der Waals surface area contributed by atoms with Crippen molar-refractivity contribution in [2.24, 2.45) is 0 Å². The molecule has 0 atom stereocenters. The summed E-state index contributed by atoms with van der Waals surface area (Å²) in [6.07, 6.45) is 1.60. The lowest BCUT2D eigenvalue weighted by atomic mass is 9.87. The minimum absolute atomic E-state index is 0.325. The maximum atomic E-state index is 8.95. The smallest absolute Gasteiger partial charge is 0.479 e. The Morgan fingerprint density at radius 1 is 1.50 bits per heavy atom. The highest BCUT2D eigenvalue weighted by atomic mass is 16.5. The van der Waals surface area contributed by atoms with Crippen LogP contribution in [0.4, 0.5) is 0 Å². The minimum Gasteiger partial charge on any atom is -0.479 e. The van der Waals surface area contributed by atoms with Crippen molar-refractivity contribution in [3.8, 4) is 5.88 Å². The van der Waals surface area contributed by atoms with Crippen LogP contribution >= 0.6 is 0 Å². The quantitative estimate of drug-likeness (QED) is 0.547. The highest BCUT2D eigenvalue weighted by Crippen LogP contribution is 2.19. The van der Waals surface area contributed by atoms with Gasteiger partial charge in [-0.1, -0.05) is 0 Å². The molecule has 2 heterocycles. The molecule has 0 fully saturated rings. The van der Waals surface area contributed by atoms with E-state index in [9.17, 15) is 0 Å². The second kappa shape index (κ2) is 3.32. The fraction of sp³-hybridized carbons (Fsp3) is 0.125. The SMILES string of the molecule is COc1nccc2cc(B(O)O)[nH]c12. The van der Waals surface area contributed by atoms with Crippen molar-refractivity contribution in [2.45, 2.75) is 0 Å². The van der Waals surface area contributed by atoms with Gasteiger partial charge in [-0.2, -0.15) is 0 Å². The lowest BCUT2D eigenvalue weighted by Crippen LogP contribution is -2.30. The second-order valence-electron chi connectivity index (χ2n) is 2.88. The number of pyridine rings is 1. The third-order valence-corrected chi connectivity index (χ3v) is 2.00. The van der Waals surface area contributed by atoms with Crippen molar-refractivity contribution in [1.29, 1.82) is 0 Å². The lowest BCUT2D eigenvalue weighted by molar-refractivity contribution is 0.402. The van der Waals surface area contributed by atoms with Crippen LogP contribution in [0.5, 0.6) is 5.88 Å². The normalized spacial score (nSPS) is 10.5. The number of fused-ring (bicyclic) bond motifs is 1. The lowest BCUT2D eigenvalue weighted by Gasteiger charge is -1.98. The van der Waals surface area contributed by atoms with Crippen molar-refractivity contribution in [3.63, 3.8) is 0 Å². The number of ether oxygens (including phenoxy) is 1. The second-order valence-corrected chi connectivity index (χ2v) is 2.88. The first-order valence-electron chi connectivity index (χ1n) is 4.10. The molecule has 2 aromatic heterocycles. The molecule has 72 valence electrons. The van der Waals surface area contributed by atoms with Gasteiger partial charge in [0.15, 0.2) is 0 Å². The van der Waals surface area contributed by atoms with E-state index in [1.807, 2.05) is 0 Å². The summed E-state index contributed by atoms with van der Waals surface area (Å²) in [5.41, 5.74) is 0.990. The monoisotopic (exact) mass is 192 g/mol. The molecule has 0 bridgehead atoms. The zero-order valence-electron chi connectivity index (χ0n) is 7.56. The molecule has 0 unspecified atom stereocenters. The van der Waals surface area contributed by atoms with E-state index in [0.29, 0.717) is 17.0 Å². The van der Waals surface area contributed by atoms with Crippen LogP contribution in [-0.2, 0) is 0 Å². The van der Waals surface area contributed by atoms with E-state index >= 15 is 0 Å². The van der Waals surface area contributed by atoms with Crippen LogP contribution in [-0.4, -0.2) is 34.2 Å². The molecule has 6 heteroatoms. The summed E-state index contributed by atoms with van der Waals surface area (Å²) in [5, 5.41) is 18.7. The van der Waals surface area contributed by atoms with E-state index in [0.717, 1.165) is 5.39 Å². The van der Waals surface area contributed by atoms with Crippen LogP contribution < -0.4 is 10.3 Å². The van der Waals surface area contributed by atoms with Gasteiger partial charge < -0.3 is 19.8 Å². The predicted molar refractivity (Wildman–Crippen MR) is 52.5 cm³/mol. The number of nitrogens with zero attached hydrogens (tertiary/aromatic N) is 1. The summed E-state index contributed by atoms with van der Waals surface area (Å²) in [6.45, 7) is 0. The van der Waals surface area contributed by atoms with E-state index in [1.165, 1.54) is 7.11 Å². The predicted octanol–water partition coefficient (Wildman–Crippen LogP) is -0.749. The molecule has 0 aliphatic rings. The number of H-pyrrole nitrogens is 1. The molecule has 0 aliphatic carbocycles. The summed E-state index contributed by atoms with van der Waals surface area (Å²) in [5.74, 6) is 0.439. The Bertz CT molecular complexity index is 455. The summed E-state index contributed by atoms with van der Waals surface area (Å²) in [6, 6.07) is 3.41. The van der Waals surface area contributed by atoms with Crippen LogP contribution in [0, 0.1) is 0 Å². The van der Waals surface area contributed by atoms with Gasteiger partial charge >= 0.3 is 7.12 Å². The third kappa shape index (κ3) is 1.34. The number of hydrogen-bond acceptors (Lipinski definition) is 4. The van der Waals surface area contributed by atoms with Gasteiger partial charge in [0.1, 0.15) is 5.52 Å². The van der Waals surface area contributed by atoms with Crippen LogP contribution in [0.1, 0.15) is 0 Å². The molecule has 2 aromatic rings. The largest absolute Gasteiger partial charge is 0.505 e. The Hall–Kier alpha value is -1.53. The first-order valence-corrected chi connectivity index (χ1v) is 4.10. The Balaban J connectivity index is 2.64. The molecule has 0 radical (unpaired) electrons. The third-order valence-electron chi connectivity index (χ3n) is 2.00. The van der Waals surface area contributed by atoms with E-state index in [4.69, 9.17) is 14.8 Å². The van der Waals surface area contributed by atoms with Crippen molar-refractivity contribution in [2.75, 3.05) is 7.11 Å². The molecule has 14 heavy (non-hydrogen) atoms. The molecule has 0 spiro atoms. The van der Waals surface area contributed by atoms with E-state index < -0.39 is 7.12 Å². The Morgan fingerprint density at radius 3 is 2.93 bits per heavy atom. The number of nitrogens with one attached hydrogen (secondary N) is 1. The van der Waals surface area contributed by atoms with Crippen LogP contribution in [0.15, 0.2) is 18.3 Å². The number of rotatable bonds is 2. The number of hydrogen-bond donors (Lipinski definition) is 3. The molecule has 5 nitrogen and oxygen atoms in total.